The van der Waals surface area contributed by atoms with Crippen LogP contribution >= 0.6 is 0 Å². The number of unbranched alkanes of at least 4 members (excludes halogenated alkanes) is 25. The van der Waals surface area contributed by atoms with Crippen LogP contribution in [0.1, 0.15) is 297 Å². The first kappa shape index (κ1) is 77.3. The third kappa shape index (κ3) is 66.1. The quantitative estimate of drug-likeness (QED) is 0.0261. The van der Waals surface area contributed by atoms with Crippen LogP contribution in [0.2, 0.25) is 0 Å². The molecular formula is C76H124O6. The van der Waals surface area contributed by atoms with Crippen LogP contribution in [-0.2, 0) is 28.6 Å². The summed E-state index contributed by atoms with van der Waals surface area (Å²) in [4.78, 5) is 38.4. The average molecular weight is 1130 g/mol. The second-order valence-corrected chi connectivity index (χ2v) is 22.0. The van der Waals surface area contributed by atoms with Gasteiger partial charge in [0.15, 0.2) is 6.10 Å². The van der Waals surface area contributed by atoms with E-state index in [4.69, 9.17) is 14.2 Å². The van der Waals surface area contributed by atoms with E-state index in [1.165, 1.54) is 109 Å². The number of ether oxygens (including phenoxy) is 3. The molecule has 6 heteroatoms. The van der Waals surface area contributed by atoms with Crippen molar-refractivity contribution in [3.63, 3.8) is 0 Å². The molecule has 1 unspecified atom stereocenters. The molecule has 0 radical (unpaired) electrons. The van der Waals surface area contributed by atoms with Gasteiger partial charge >= 0.3 is 17.9 Å². The standard InChI is InChI=1S/C76H124O6/c1-4-7-10-13-16-19-22-25-28-30-32-34-36-38-40-42-44-46-48-51-54-57-60-63-66-69-75(78)81-72-73(71-80-74(77)68-65-62-59-56-53-50-27-24-21-18-15-12-9-6-3)82-76(79)70-67-64-61-58-55-52-49-47-45-43-41-39-37-35-33-31-29-26-23-20-17-14-11-8-5-2/h7,10,15-16,18-19,23-28,31-34,37-40,44,46,51,54,73H,4-6,8-9,11-14,17,20-22,29-30,35-36,41-43,45,47-50,52-53,55-72H2,1-3H3/b10-7-,18-15-,19-16-,26-23-,27-24-,28-25-,33-31-,34-32-,39-37-,40-38-,46-44-,54-51-. The zero-order valence-electron chi connectivity index (χ0n) is 53.2. The van der Waals surface area contributed by atoms with Gasteiger partial charge in [-0.25, -0.2) is 0 Å². The first-order valence-electron chi connectivity index (χ1n) is 33.8. The van der Waals surface area contributed by atoms with Crippen LogP contribution in [0.5, 0.6) is 0 Å². The van der Waals surface area contributed by atoms with Gasteiger partial charge in [0.2, 0.25) is 0 Å². The van der Waals surface area contributed by atoms with Crippen molar-refractivity contribution in [2.45, 2.75) is 303 Å². The highest BCUT2D eigenvalue weighted by atomic mass is 16.6. The minimum absolute atomic E-state index is 0.102. The highest BCUT2D eigenvalue weighted by molar-refractivity contribution is 5.71. The zero-order chi connectivity index (χ0) is 59.2. The SMILES string of the molecule is CC/C=C\C/C=C\C/C=C\C/C=C\C/C=C\C/C=C\C/C=C\CCCCCC(=O)OCC(COC(=O)CCCCCCC/C=C\C/C=C\CCCC)OC(=O)CCCCCCCCCCCC/C=C\C/C=C\C/C=C\CCCCCCC. The minimum atomic E-state index is -0.808. The summed E-state index contributed by atoms with van der Waals surface area (Å²) in [5.74, 6) is -0.951. The molecule has 82 heavy (non-hydrogen) atoms. The van der Waals surface area contributed by atoms with Gasteiger partial charge in [0.25, 0.3) is 0 Å². The van der Waals surface area contributed by atoms with Crippen molar-refractivity contribution < 1.29 is 28.6 Å². The van der Waals surface area contributed by atoms with Crippen LogP contribution in [0, 0.1) is 0 Å². The first-order valence-corrected chi connectivity index (χ1v) is 33.8. The molecule has 0 spiro atoms. The summed E-state index contributed by atoms with van der Waals surface area (Å²) >= 11 is 0. The van der Waals surface area contributed by atoms with Crippen LogP contribution in [0.3, 0.4) is 0 Å². The predicted molar refractivity (Wildman–Crippen MR) is 357 cm³/mol. The van der Waals surface area contributed by atoms with Crippen molar-refractivity contribution in [2.24, 2.45) is 0 Å². The highest BCUT2D eigenvalue weighted by Crippen LogP contribution is 2.15. The number of hydrogen-bond donors (Lipinski definition) is 0. The Bertz CT molecular complexity index is 1780. The zero-order valence-corrected chi connectivity index (χ0v) is 53.2. The molecule has 464 valence electrons. The maximum Gasteiger partial charge on any atom is 0.306 e. The molecule has 0 N–H and O–H groups in total. The highest BCUT2D eigenvalue weighted by Gasteiger charge is 2.19. The summed E-state index contributed by atoms with van der Waals surface area (Å²) in [7, 11) is 0. The largest absolute Gasteiger partial charge is 0.462 e. The maximum absolute atomic E-state index is 12.9. The normalized spacial score (nSPS) is 13.1. The molecule has 0 fully saturated rings. The Morgan fingerprint density at radius 2 is 0.488 bits per heavy atom. The Morgan fingerprint density at radius 3 is 0.793 bits per heavy atom. The molecule has 0 amide bonds. The molecule has 0 aliphatic carbocycles. The van der Waals surface area contributed by atoms with E-state index in [1.807, 2.05) is 0 Å². The van der Waals surface area contributed by atoms with Crippen LogP contribution in [0.4, 0.5) is 0 Å². The van der Waals surface area contributed by atoms with E-state index < -0.39 is 6.10 Å². The molecule has 0 aliphatic rings. The number of esters is 3. The van der Waals surface area contributed by atoms with E-state index in [1.54, 1.807) is 0 Å². The summed E-state index contributed by atoms with van der Waals surface area (Å²) in [5, 5.41) is 0. The number of hydrogen-bond acceptors (Lipinski definition) is 6. The molecule has 0 saturated heterocycles. The number of carbonyl (C=O) groups excluding carboxylic acids is 3. The third-order valence-electron chi connectivity index (χ3n) is 14.0. The van der Waals surface area contributed by atoms with Gasteiger partial charge in [0.05, 0.1) is 0 Å². The van der Waals surface area contributed by atoms with Gasteiger partial charge in [-0.05, 0) is 141 Å². The van der Waals surface area contributed by atoms with Crippen molar-refractivity contribution in [3.8, 4) is 0 Å². The molecule has 0 aliphatic heterocycles. The molecule has 0 rings (SSSR count). The molecule has 1 atom stereocenters. The molecule has 0 bridgehead atoms. The lowest BCUT2D eigenvalue weighted by Crippen LogP contribution is -2.30. The van der Waals surface area contributed by atoms with Crippen molar-refractivity contribution in [2.75, 3.05) is 13.2 Å². The average Bonchev–Trinajstić information content (AvgIpc) is 3.47. The topological polar surface area (TPSA) is 78.9 Å². The Labute approximate surface area is 506 Å². The number of carbonyl (C=O) groups is 3. The lowest BCUT2D eigenvalue weighted by Gasteiger charge is -2.18. The maximum atomic E-state index is 12.9. The summed E-state index contributed by atoms with van der Waals surface area (Å²) in [6, 6.07) is 0. The Morgan fingerprint density at radius 1 is 0.256 bits per heavy atom. The molecular weight excluding hydrogens is 1010 g/mol. The second-order valence-electron chi connectivity index (χ2n) is 22.0. The Kier molecular flexibility index (Phi) is 64.8. The number of allylic oxidation sites excluding steroid dienone is 24. The fraction of sp³-hybridized carbons (Fsp3) is 0.645. The smallest absolute Gasteiger partial charge is 0.306 e. The minimum Gasteiger partial charge on any atom is -0.462 e. The van der Waals surface area contributed by atoms with E-state index >= 15 is 0 Å². The van der Waals surface area contributed by atoms with E-state index in [0.29, 0.717) is 19.3 Å². The van der Waals surface area contributed by atoms with E-state index in [9.17, 15) is 14.4 Å². The second kappa shape index (κ2) is 68.8. The summed E-state index contributed by atoms with van der Waals surface area (Å²) in [6.45, 7) is 6.44. The first-order chi connectivity index (χ1) is 40.5. The molecule has 0 aromatic carbocycles. The van der Waals surface area contributed by atoms with Gasteiger partial charge in [-0.2, -0.15) is 0 Å². The monoisotopic (exact) mass is 1130 g/mol. The summed E-state index contributed by atoms with van der Waals surface area (Å²) in [6.07, 6.45) is 98.5. The summed E-state index contributed by atoms with van der Waals surface area (Å²) in [5.41, 5.74) is 0. The van der Waals surface area contributed by atoms with Crippen molar-refractivity contribution in [1.29, 1.82) is 0 Å². The van der Waals surface area contributed by atoms with E-state index in [-0.39, 0.29) is 31.1 Å². The van der Waals surface area contributed by atoms with Gasteiger partial charge in [-0.3, -0.25) is 14.4 Å². The van der Waals surface area contributed by atoms with E-state index in [2.05, 4.69) is 167 Å². The van der Waals surface area contributed by atoms with Crippen molar-refractivity contribution >= 4 is 17.9 Å². The lowest BCUT2D eigenvalue weighted by molar-refractivity contribution is -0.167. The Balaban J connectivity index is 4.44. The fourth-order valence-electron chi connectivity index (χ4n) is 8.98. The van der Waals surface area contributed by atoms with Crippen molar-refractivity contribution in [3.05, 3.63) is 146 Å². The Hall–Kier alpha value is -4.71. The van der Waals surface area contributed by atoms with Crippen LogP contribution in [0.15, 0.2) is 146 Å². The van der Waals surface area contributed by atoms with Crippen LogP contribution in [-0.4, -0.2) is 37.2 Å². The molecule has 6 nitrogen and oxygen atoms in total. The van der Waals surface area contributed by atoms with Gasteiger partial charge in [-0.15, -0.1) is 0 Å². The molecule has 0 aromatic rings. The molecule has 0 heterocycles. The fourth-order valence-corrected chi connectivity index (χ4v) is 8.98. The van der Waals surface area contributed by atoms with Gasteiger partial charge in [-0.1, -0.05) is 282 Å². The van der Waals surface area contributed by atoms with Gasteiger partial charge < -0.3 is 14.2 Å². The lowest BCUT2D eigenvalue weighted by atomic mass is 10.0. The van der Waals surface area contributed by atoms with E-state index in [0.717, 1.165) is 148 Å². The van der Waals surface area contributed by atoms with Crippen LogP contribution < -0.4 is 0 Å². The molecule has 0 aromatic heterocycles. The van der Waals surface area contributed by atoms with Gasteiger partial charge in [0, 0.05) is 19.3 Å². The van der Waals surface area contributed by atoms with Crippen LogP contribution in [0.25, 0.3) is 0 Å². The molecule has 0 saturated carbocycles. The predicted octanol–water partition coefficient (Wildman–Crippen LogP) is 23.5. The van der Waals surface area contributed by atoms with Gasteiger partial charge in [0.1, 0.15) is 13.2 Å². The summed E-state index contributed by atoms with van der Waals surface area (Å²) < 4.78 is 16.9. The third-order valence-corrected chi connectivity index (χ3v) is 14.0. The van der Waals surface area contributed by atoms with Crippen molar-refractivity contribution in [1.82, 2.24) is 0 Å². The number of rotatable bonds is 60.